The Bertz CT molecular complexity index is 468. The number of hydrogen-bond acceptors (Lipinski definition) is 5. The largest absolute Gasteiger partial charge is 0.482 e. The molecular weight excluding hydrogens is 262 g/mol. The van der Waals surface area contributed by atoms with E-state index in [1.807, 2.05) is 17.5 Å². The van der Waals surface area contributed by atoms with Crippen LogP contribution >= 0.6 is 11.8 Å². The predicted octanol–water partition coefficient (Wildman–Crippen LogP) is 3.15. The molecule has 0 fully saturated rings. The summed E-state index contributed by atoms with van der Waals surface area (Å²) < 4.78 is 10.00. The number of methoxy groups -OCH3 is 1. The second kappa shape index (κ2) is 8.44. The van der Waals surface area contributed by atoms with E-state index in [2.05, 4.69) is 11.7 Å². The first-order valence-corrected chi connectivity index (χ1v) is 6.91. The standard InChI is InChI=1S/C14H17NO3S/c1-3-4-5-11-8-12(19-10-15)6-7-13(11)18-9-14(16)17-2/h6-8H,3-5,9H2,1-2H3. The number of carbonyl (C=O) groups is 1. The Labute approximate surface area is 117 Å². The topological polar surface area (TPSA) is 59.3 Å². The molecule has 0 amide bonds. The number of nitrogens with zero attached hydrogens (tertiary/aromatic N) is 1. The minimum Gasteiger partial charge on any atom is -0.482 e. The van der Waals surface area contributed by atoms with Gasteiger partial charge in [-0.3, -0.25) is 0 Å². The van der Waals surface area contributed by atoms with Crippen molar-refractivity contribution in [3.8, 4) is 11.2 Å². The van der Waals surface area contributed by atoms with Crippen LogP contribution in [0.5, 0.6) is 5.75 Å². The van der Waals surface area contributed by atoms with Crippen molar-refractivity contribution in [2.75, 3.05) is 13.7 Å². The summed E-state index contributed by atoms with van der Waals surface area (Å²) in [6, 6.07) is 5.56. The average Bonchev–Trinajstić information content (AvgIpc) is 2.43. The molecular formula is C14H17NO3S. The van der Waals surface area contributed by atoms with E-state index in [4.69, 9.17) is 10.00 Å². The molecule has 0 aromatic heterocycles. The molecule has 0 atom stereocenters. The molecule has 0 aliphatic carbocycles. The fraction of sp³-hybridized carbons (Fsp3) is 0.429. The van der Waals surface area contributed by atoms with Crippen LogP contribution < -0.4 is 4.74 Å². The second-order valence-electron chi connectivity index (χ2n) is 3.93. The second-order valence-corrected chi connectivity index (χ2v) is 4.79. The Hall–Kier alpha value is -1.67. The maximum atomic E-state index is 11.1. The fourth-order valence-electron chi connectivity index (χ4n) is 1.57. The number of nitriles is 1. The molecule has 0 radical (unpaired) electrons. The number of thiocyanates is 1. The number of benzene rings is 1. The third kappa shape index (κ3) is 5.23. The van der Waals surface area contributed by atoms with Crippen LogP contribution in [0.3, 0.4) is 0 Å². The number of rotatable bonds is 7. The number of esters is 1. The average molecular weight is 279 g/mol. The first kappa shape index (κ1) is 15.4. The first-order chi connectivity index (χ1) is 9.21. The maximum Gasteiger partial charge on any atom is 0.343 e. The van der Waals surface area contributed by atoms with E-state index in [1.165, 1.54) is 7.11 Å². The Balaban J connectivity index is 2.82. The molecule has 102 valence electrons. The van der Waals surface area contributed by atoms with Gasteiger partial charge in [-0.25, -0.2) is 4.79 Å². The van der Waals surface area contributed by atoms with Crippen LogP contribution in [0.2, 0.25) is 0 Å². The van der Waals surface area contributed by atoms with Crippen molar-refractivity contribution in [2.24, 2.45) is 0 Å². The maximum absolute atomic E-state index is 11.1. The van der Waals surface area contributed by atoms with Crippen LogP contribution in [0.15, 0.2) is 23.1 Å². The van der Waals surface area contributed by atoms with E-state index in [-0.39, 0.29) is 6.61 Å². The number of carbonyl (C=O) groups excluding carboxylic acids is 1. The molecule has 0 heterocycles. The molecule has 0 bridgehead atoms. The lowest BCUT2D eigenvalue weighted by molar-refractivity contribution is -0.142. The van der Waals surface area contributed by atoms with Gasteiger partial charge >= 0.3 is 5.97 Å². The van der Waals surface area contributed by atoms with Crippen molar-refractivity contribution >= 4 is 17.7 Å². The quantitative estimate of drug-likeness (QED) is 0.436. The molecule has 0 saturated carbocycles. The predicted molar refractivity (Wildman–Crippen MR) is 74.0 cm³/mol. The molecule has 0 aliphatic heterocycles. The molecule has 0 spiro atoms. The monoisotopic (exact) mass is 279 g/mol. The van der Waals surface area contributed by atoms with Crippen LogP contribution in [-0.4, -0.2) is 19.7 Å². The van der Waals surface area contributed by atoms with E-state index in [9.17, 15) is 4.79 Å². The van der Waals surface area contributed by atoms with Gasteiger partial charge in [-0.05, 0) is 48.4 Å². The van der Waals surface area contributed by atoms with Gasteiger partial charge in [0.05, 0.1) is 7.11 Å². The van der Waals surface area contributed by atoms with Crippen LogP contribution in [0, 0.1) is 10.7 Å². The molecule has 1 rings (SSSR count). The van der Waals surface area contributed by atoms with Gasteiger partial charge in [-0.15, -0.1) is 0 Å². The van der Waals surface area contributed by atoms with Crippen LogP contribution in [0.4, 0.5) is 0 Å². The number of aryl methyl sites for hydroxylation is 1. The van der Waals surface area contributed by atoms with E-state index in [1.54, 1.807) is 6.07 Å². The Morgan fingerprint density at radius 2 is 2.26 bits per heavy atom. The highest BCUT2D eigenvalue weighted by molar-refractivity contribution is 8.03. The lowest BCUT2D eigenvalue weighted by atomic mass is 10.1. The van der Waals surface area contributed by atoms with Crippen molar-refractivity contribution in [3.63, 3.8) is 0 Å². The van der Waals surface area contributed by atoms with Gasteiger partial charge in [0.25, 0.3) is 0 Å². The van der Waals surface area contributed by atoms with Crippen LogP contribution in [0.1, 0.15) is 25.3 Å². The Morgan fingerprint density at radius 3 is 2.89 bits per heavy atom. The Morgan fingerprint density at radius 1 is 1.47 bits per heavy atom. The lowest BCUT2D eigenvalue weighted by Crippen LogP contribution is -2.13. The van der Waals surface area contributed by atoms with E-state index in [0.29, 0.717) is 5.75 Å². The highest BCUT2D eigenvalue weighted by atomic mass is 32.2. The lowest BCUT2D eigenvalue weighted by Gasteiger charge is -2.11. The minimum atomic E-state index is -0.406. The molecule has 1 aromatic rings. The van der Waals surface area contributed by atoms with Gasteiger partial charge in [-0.2, -0.15) is 5.26 Å². The first-order valence-electron chi connectivity index (χ1n) is 6.09. The summed E-state index contributed by atoms with van der Waals surface area (Å²) in [4.78, 5) is 12.0. The van der Waals surface area contributed by atoms with Crippen molar-refractivity contribution in [3.05, 3.63) is 23.8 Å². The molecule has 4 nitrogen and oxygen atoms in total. The van der Waals surface area contributed by atoms with Crippen molar-refractivity contribution < 1.29 is 14.3 Å². The van der Waals surface area contributed by atoms with Gasteiger partial charge in [0, 0.05) is 4.90 Å². The van der Waals surface area contributed by atoms with Crippen molar-refractivity contribution in [2.45, 2.75) is 31.1 Å². The van der Waals surface area contributed by atoms with Crippen molar-refractivity contribution in [1.82, 2.24) is 0 Å². The summed E-state index contributed by atoms with van der Waals surface area (Å²) in [5.41, 5.74) is 1.02. The summed E-state index contributed by atoms with van der Waals surface area (Å²) in [7, 11) is 1.33. The SMILES string of the molecule is CCCCc1cc(SC#N)ccc1OCC(=O)OC. The molecule has 0 unspecified atom stereocenters. The third-order valence-corrected chi connectivity index (χ3v) is 3.15. The molecule has 0 N–H and O–H groups in total. The third-order valence-electron chi connectivity index (χ3n) is 2.57. The summed E-state index contributed by atoms with van der Waals surface area (Å²) in [6.07, 6.45) is 2.98. The van der Waals surface area contributed by atoms with E-state index in [0.717, 1.165) is 41.5 Å². The van der Waals surface area contributed by atoms with Gasteiger partial charge in [0.15, 0.2) is 6.61 Å². The molecule has 0 saturated heterocycles. The minimum absolute atomic E-state index is 0.0969. The molecule has 5 heteroatoms. The van der Waals surface area contributed by atoms with Gasteiger partial charge in [0.1, 0.15) is 11.2 Å². The zero-order chi connectivity index (χ0) is 14.1. The summed E-state index contributed by atoms with van der Waals surface area (Å²) in [5, 5.41) is 10.7. The van der Waals surface area contributed by atoms with Crippen LogP contribution in [0.25, 0.3) is 0 Å². The molecule has 1 aromatic carbocycles. The molecule has 0 aliphatic rings. The number of ether oxygens (including phenoxy) is 2. The zero-order valence-corrected chi connectivity index (χ0v) is 12.0. The highest BCUT2D eigenvalue weighted by Gasteiger charge is 2.08. The normalized spacial score (nSPS) is 9.74. The van der Waals surface area contributed by atoms with Gasteiger partial charge in [0.2, 0.25) is 0 Å². The van der Waals surface area contributed by atoms with Crippen molar-refractivity contribution in [1.29, 1.82) is 5.26 Å². The van der Waals surface area contributed by atoms with E-state index < -0.39 is 5.97 Å². The number of unbranched alkanes of at least 4 members (excludes halogenated alkanes) is 1. The Kier molecular flexibility index (Phi) is 6.83. The highest BCUT2D eigenvalue weighted by Crippen LogP contribution is 2.27. The smallest absolute Gasteiger partial charge is 0.343 e. The van der Waals surface area contributed by atoms with Crippen LogP contribution in [-0.2, 0) is 16.0 Å². The zero-order valence-electron chi connectivity index (χ0n) is 11.1. The van der Waals surface area contributed by atoms with Gasteiger partial charge in [-0.1, -0.05) is 13.3 Å². The fourth-order valence-corrected chi connectivity index (χ4v) is 2.01. The summed E-state index contributed by atoms with van der Waals surface area (Å²) in [6.45, 7) is 2.02. The summed E-state index contributed by atoms with van der Waals surface area (Å²) in [5.74, 6) is 0.276. The summed E-state index contributed by atoms with van der Waals surface area (Å²) >= 11 is 1.12. The van der Waals surface area contributed by atoms with Gasteiger partial charge < -0.3 is 9.47 Å². The molecule has 19 heavy (non-hydrogen) atoms. The number of thioether (sulfide) groups is 1. The van der Waals surface area contributed by atoms with E-state index >= 15 is 0 Å². The number of hydrogen-bond donors (Lipinski definition) is 0.